The summed E-state index contributed by atoms with van der Waals surface area (Å²) in [5, 5.41) is 2.47. The topological polar surface area (TPSA) is 35.6 Å². The van der Waals surface area contributed by atoms with E-state index in [4.69, 9.17) is 0 Å². The molecule has 1 amide bonds. The lowest BCUT2D eigenvalue weighted by Gasteiger charge is -2.39. The van der Waals surface area contributed by atoms with E-state index in [1.165, 1.54) is 0 Å². The zero-order valence-electron chi connectivity index (χ0n) is 12.2. The van der Waals surface area contributed by atoms with E-state index in [0.717, 1.165) is 6.54 Å². The first-order valence-corrected chi connectivity index (χ1v) is 6.77. The van der Waals surface area contributed by atoms with Crippen LogP contribution in [0.15, 0.2) is 0 Å². The van der Waals surface area contributed by atoms with Crippen LogP contribution in [0, 0.1) is 5.92 Å². The Bertz CT molecular complexity index is 308. The van der Waals surface area contributed by atoms with E-state index in [1.807, 2.05) is 19.0 Å². The molecular formula is C13H25F2N3O. The van der Waals surface area contributed by atoms with E-state index in [-0.39, 0.29) is 18.4 Å². The van der Waals surface area contributed by atoms with Gasteiger partial charge in [0.15, 0.2) is 0 Å². The lowest BCUT2D eigenvalue weighted by molar-refractivity contribution is -0.133. The average molecular weight is 277 g/mol. The fraction of sp³-hybridized carbons (Fsp3) is 0.923. The summed E-state index contributed by atoms with van der Waals surface area (Å²) in [4.78, 5) is 15.3. The molecule has 0 bridgehead atoms. The maximum Gasteiger partial charge on any atom is 0.280 e. The first-order valence-electron chi connectivity index (χ1n) is 6.77. The number of alkyl halides is 2. The van der Waals surface area contributed by atoms with Crippen LogP contribution >= 0.6 is 0 Å². The molecule has 1 aliphatic rings. The Balaban J connectivity index is 2.50. The van der Waals surface area contributed by atoms with Crippen LogP contribution in [0.5, 0.6) is 0 Å². The molecule has 1 heterocycles. The van der Waals surface area contributed by atoms with Gasteiger partial charge >= 0.3 is 0 Å². The number of hydrogen-bond acceptors (Lipinski definition) is 3. The Labute approximate surface area is 114 Å². The van der Waals surface area contributed by atoms with Crippen molar-refractivity contribution in [3.8, 4) is 0 Å². The highest BCUT2D eigenvalue weighted by atomic mass is 19.3. The molecule has 1 N–H and O–H groups in total. The van der Waals surface area contributed by atoms with E-state index in [9.17, 15) is 13.6 Å². The molecule has 112 valence electrons. The summed E-state index contributed by atoms with van der Waals surface area (Å²) >= 11 is 0. The standard InChI is InChI=1S/C13H25F2N3O/c1-10(2)12(19)16-11-5-6-18(8-7-17(3)4)9-13(11,14)15/h10-11H,5-9H2,1-4H3,(H,16,19)/t11-/m0/s1. The number of amides is 1. The normalized spacial score (nSPS) is 23.9. The van der Waals surface area contributed by atoms with Crippen molar-refractivity contribution in [1.29, 1.82) is 0 Å². The highest BCUT2D eigenvalue weighted by Crippen LogP contribution is 2.27. The minimum absolute atomic E-state index is 0.262. The van der Waals surface area contributed by atoms with Gasteiger partial charge < -0.3 is 10.2 Å². The molecule has 1 fully saturated rings. The van der Waals surface area contributed by atoms with E-state index < -0.39 is 12.0 Å². The molecule has 1 aliphatic heterocycles. The summed E-state index contributed by atoms with van der Waals surface area (Å²) < 4.78 is 28.0. The zero-order valence-corrected chi connectivity index (χ0v) is 12.2. The average Bonchev–Trinajstić information content (AvgIpc) is 2.28. The number of carbonyl (C=O) groups is 1. The number of carbonyl (C=O) groups excluding carboxylic acids is 1. The van der Waals surface area contributed by atoms with E-state index in [0.29, 0.717) is 19.5 Å². The highest BCUT2D eigenvalue weighted by Gasteiger charge is 2.45. The fourth-order valence-electron chi connectivity index (χ4n) is 2.06. The molecule has 1 atom stereocenters. The first kappa shape index (κ1) is 16.3. The SMILES string of the molecule is CC(C)C(=O)N[C@H]1CCN(CCN(C)C)CC1(F)F. The Morgan fingerprint density at radius 3 is 2.58 bits per heavy atom. The molecule has 0 spiro atoms. The largest absolute Gasteiger partial charge is 0.347 e. The van der Waals surface area contributed by atoms with Crippen LogP contribution < -0.4 is 5.32 Å². The van der Waals surface area contributed by atoms with Crippen molar-refractivity contribution in [2.75, 3.05) is 40.3 Å². The Morgan fingerprint density at radius 1 is 1.47 bits per heavy atom. The summed E-state index contributed by atoms with van der Waals surface area (Å²) in [6, 6.07) is -1.03. The van der Waals surface area contributed by atoms with Gasteiger partial charge in [-0.25, -0.2) is 8.78 Å². The highest BCUT2D eigenvalue weighted by molar-refractivity contribution is 5.78. The molecule has 4 nitrogen and oxygen atoms in total. The van der Waals surface area contributed by atoms with Gasteiger partial charge in [0, 0.05) is 25.6 Å². The Hall–Kier alpha value is -0.750. The summed E-state index contributed by atoms with van der Waals surface area (Å²) in [6.45, 7) is 5.14. The second-order valence-electron chi connectivity index (χ2n) is 5.85. The van der Waals surface area contributed by atoms with Gasteiger partial charge in [0.25, 0.3) is 5.92 Å². The number of hydrogen-bond donors (Lipinski definition) is 1. The summed E-state index contributed by atoms with van der Waals surface area (Å²) in [7, 11) is 3.85. The Morgan fingerprint density at radius 2 is 2.11 bits per heavy atom. The van der Waals surface area contributed by atoms with Gasteiger partial charge in [-0.15, -0.1) is 0 Å². The van der Waals surface area contributed by atoms with Crippen LogP contribution in [0.2, 0.25) is 0 Å². The van der Waals surface area contributed by atoms with Crippen molar-refractivity contribution in [2.24, 2.45) is 5.92 Å². The predicted octanol–water partition coefficient (Wildman–Crippen LogP) is 1.03. The van der Waals surface area contributed by atoms with Crippen molar-refractivity contribution >= 4 is 5.91 Å². The third kappa shape index (κ3) is 5.03. The van der Waals surface area contributed by atoms with E-state index >= 15 is 0 Å². The quantitative estimate of drug-likeness (QED) is 0.815. The lowest BCUT2D eigenvalue weighted by Crippen LogP contribution is -2.59. The van der Waals surface area contributed by atoms with Gasteiger partial charge in [-0.1, -0.05) is 13.8 Å². The number of nitrogens with one attached hydrogen (secondary N) is 1. The maximum atomic E-state index is 14.0. The number of likely N-dealkylation sites (N-methyl/N-ethyl adjacent to an activating group) is 1. The van der Waals surface area contributed by atoms with Crippen LogP contribution in [0.25, 0.3) is 0 Å². The van der Waals surface area contributed by atoms with Gasteiger partial charge in [-0.2, -0.15) is 0 Å². The van der Waals surface area contributed by atoms with Crippen LogP contribution in [0.3, 0.4) is 0 Å². The molecule has 6 heteroatoms. The third-order valence-corrected chi connectivity index (χ3v) is 3.38. The smallest absolute Gasteiger partial charge is 0.280 e. The van der Waals surface area contributed by atoms with E-state index in [2.05, 4.69) is 5.32 Å². The number of rotatable bonds is 5. The monoisotopic (exact) mass is 277 g/mol. The fourth-order valence-corrected chi connectivity index (χ4v) is 2.06. The summed E-state index contributed by atoms with van der Waals surface area (Å²) in [5.41, 5.74) is 0. The van der Waals surface area contributed by atoms with Gasteiger partial charge in [-0.05, 0) is 20.5 Å². The molecule has 0 aromatic carbocycles. The van der Waals surface area contributed by atoms with Gasteiger partial charge in [0.05, 0.1) is 12.6 Å². The van der Waals surface area contributed by atoms with E-state index in [1.54, 1.807) is 18.7 Å². The van der Waals surface area contributed by atoms with Crippen LogP contribution in [0.4, 0.5) is 8.78 Å². The number of halogens is 2. The van der Waals surface area contributed by atoms with Crippen molar-refractivity contribution in [3.05, 3.63) is 0 Å². The van der Waals surface area contributed by atoms with Gasteiger partial charge in [-0.3, -0.25) is 9.69 Å². The molecule has 1 saturated heterocycles. The molecule has 0 aromatic heterocycles. The number of piperidine rings is 1. The lowest BCUT2D eigenvalue weighted by atomic mass is 9.99. The van der Waals surface area contributed by atoms with Crippen LogP contribution in [0.1, 0.15) is 20.3 Å². The molecule has 1 rings (SSSR count). The minimum Gasteiger partial charge on any atom is -0.347 e. The molecule has 0 unspecified atom stereocenters. The van der Waals surface area contributed by atoms with Crippen molar-refractivity contribution in [2.45, 2.75) is 32.2 Å². The Kier molecular flexibility index (Phi) is 5.67. The third-order valence-electron chi connectivity index (χ3n) is 3.38. The number of nitrogens with zero attached hydrogens (tertiary/aromatic N) is 2. The molecular weight excluding hydrogens is 252 g/mol. The van der Waals surface area contributed by atoms with Crippen LogP contribution in [-0.2, 0) is 4.79 Å². The van der Waals surface area contributed by atoms with Crippen LogP contribution in [-0.4, -0.2) is 67.9 Å². The van der Waals surface area contributed by atoms with Crippen molar-refractivity contribution < 1.29 is 13.6 Å². The van der Waals surface area contributed by atoms with Gasteiger partial charge in [0.1, 0.15) is 0 Å². The predicted molar refractivity (Wildman–Crippen MR) is 71.3 cm³/mol. The molecule has 0 aliphatic carbocycles. The number of likely N-dealkylation sites (tertiary alicyclic amines) is 1. The molecule has 0 aromatic rings. The minimum atomic E-state index is -2.85. The van der Waals surface area contributed by atoms with Crippen molar-refractivity contribution in [3.63, 3.8) is 0 Å². The zero-order chi connectivity index (χ0) is 14.6. The molecule has 0 radical (unpaired) electrons. The first-order chi connectivity index (χ1) is 8.72. The molecule has 19 heavy (non-hydrogen) atoms. The summed E-state index contributed by atoms with van der Waals surface area (Å²) in [5.74, 6) is -3.41. The van der Waals surface area contributed by atoms with Gasteiger partial charge in [0.2, 0.25) is 5.91 Å². The maximum absolute atomic E-state index is 14.0. The summed E-state index contributed by atoms with van der Waals surface area (Å²) in [6.07, 6.45) is 0.304. The second kappa shape index (κ2) is 6.61. The second-order valence-corrected chi connectivity index (χ2v) is 5.85. The molecule has 0 saturated carbocycles. The van der Waals surface area contributed by atoms with Crippen molar-refractivity contribution in [1.82, 2.24) is 15.1 Å².